The molecule has 0 radical (unpaired) electrons. The van der Waals surface area contributed by atoms with Crippen LogP contribution in [0.25, 0.3) is 0 Å². The Morgan fingerprint density at radius 3 is 2.44 bits per heavy atom. The van der Waals surface area contributed by atoms with Crippen LogP contribution in [-0.2, 0) is 9.53 Å². The van der Waals surface area contributed by atoms with Gasteiger partial charge in [-0.3, -0.25) is 4.79 Å². The van der Waals surface area contributed by atoms with Gasteiger partial charge in [0.15, 0.2) is 12.4 Å². The largest absolute Gasteiger partial charge is 0.442 e. The van der Waals surface area contributed by atoms with Crippen LogP contribution < -0.4 is 5.73 Å². The molecule has 1 amide bonds. The lowest BCUT2D eigenvalue weighted by molar-refractivity contribution is -0.121. The van der Waals surface area contributed by atoms with E-state index in [0.717, 1.165) is 0 Å². The highest BCUT2D eigenvalue weighted by Crippen LogP contribution is 1.81. The minimum Gasteiger partial charge on any atom is -0.442 e. The lowest BCUT2D eigenvalue weighted by atomic mass is 10.3. The standard InChI is InChI=1S/C5H9NO3/c1-2-4(7)3-9-5(6)8/h2-3H2,1H3,(H2,6,8). The summed E-state index contributed by atoms with van der Waals surface area (Å²) < 4.78 is 4.18. The van der Waals surface area contributed by atoms with Gasteiger partial charge >= 0.3 is 6.09 Å². The van der Waals surface area contributed by atoms with Crippen LogP contribution in [0.4, 0.5) is 4.79 Å². The third kappa shape index (κ3) is 4.80. The Kier molecular flexibility index (Phi) is 3.43. The molecule has 0 atom stereocenters. The van der Waals surface area contributed by atoms with E-state index >= 15 is 0 Å². The first kappa shape index (κ1) is 7.94. The summed E-state index contributed by atoms with van der Waals surface area (Å²) in [5, 5.41) is 0. The summed E-state index contributed by atoms with van der Waals surface area (Å²) in [6.45, 7) is 1.48. The van der Waals surface area contributed by atoms with Crippen LogP contribution in [0.1, 0.15) is 13.3 Å². The number of carbonyl (C=O) groups is 2. The number of nitrogens with two attached hydrogens (primary N) is 1. The van der Waals surface area contributed by atoms with Gasteiger partial charge in [-0.05, 0) is 0 Å². The molecule has 0 bridgehead atoms. The van der Waals surface area contributed by atoms with Gasteiger partial charge in [0, 0.05) is 6.42 Å². The van der Waals surface area contributed by atoms with Crippen LogP contribution in [0.2, 0.25) is 0 Å². The van der Waals surface area contributed by atoms with Crippen LogP contribution in [0.5, 0.6) is 0 Å². The molecule has 0 aromatic rings. The highest BCUT2D eigenvalue weighted by molar-refractivity contribution is 5.81. The third-order valence-corrected chi connectivity index (χ3v) is 0.770. The summed E-state index contributed by atoms with van der Waals surface area (Å²) in [6, 6.07) is 0. The molecule has 9 heavy (non-hydrogen) atoms. The van der Waals surface area contributed by atoms with Crippen LogP contribution >= 0.6 is 0 Å². The number of primary amides is 1. The molecule has 0 fully saturated rings. The fourth-order valence-corrected chi connectivity index (χ4v) is 0.254. The first-order valence-corrected chi connectivity index (χ1v) is 2.60. The fourth-order valence-electron chi connectivity index (χ4n) is 0.254. The Morgan fingerprint density at radius 2 is 2.11 bits per heavy atom. The van der Waals surface area contributed by atoms with E-state index in [1.54, 1.807) is 6.92 Å². The Morgan fingerprint density at radius 1 is 1.56 bits per heavy atom. The number of ether oxygens (including phenoxy) is 1. The summed E-state index contributed by atoms with van der Waals surface area (Å²) in [5.74, 6) is -0.131. The van der Waals surface area contributed by atoms with Gasteiger partial charge < -0.3 is 10.5 Å². The van der Waals surface area contributed by atoms with E-state index < -0.39 is 6.09 Å². The lowest BCUT2D eigenvalue weighted by Gasteiger charge is -1.95. The number of ketones is 1. The summed E-state index contributed by atoms with van der Waals surface area (Å²) in [6.07, 6.45) is -0.537. The number of rotatable bonds is 3. The summed E-state index contributed by atoms with van der Waals surface area (Å²) >= 11 is 0. The second-order valence-corrected chi connectivity index (χ2v) is 1.50. The zero-order valence-electron chi connectivity index (χ0n) is 5.22. The van der Waals surface area contributed by atoms with Crippen LogP contribution in [0, 0.1) is 0 Å². The quantitative estimate of drug-likeness (QED) is 0.588. The van der Waals surface area contributed by atoms with E-state index in [1.807, 2.05) is 0 Å². The number of hydrogen-bond donors (Lipinski definition) is 1. The minimum atomic E-state index is -0.906. The van der Waals surface area contributed by atoms with E-state index in [2.05, 4.69) is 10.5 Å². The van der Waals surface area contributed by atoms with Gasteiger partial charge in [0.1, 0.15) is 0 Å². The molecule has 0 heterocycles. The van der Waals surface area contributed by atoms with Crippen LogP contribution in [0.15, 0.2) is 0 Å². The smallest absolute Gasteiger partial charge is 0.404 e. The second-order valence-electron chi connectivity index (χ2n) is 1.50. The van der Waals surface area contributed by atoms with E-state index in [-0.39, 0.29) is 12.4 Å². The van der Waals surface area contributed by atoms with Gasteiger partial charge in [0.25, 0.3) is 0 Å². The highest BCUT2D eigenvalue weighted by Gasteiger charge is 1.99. The molecule has 0 saturated carbocycles. The van der Waals surface area contributed by atoms with Crippen LogP contribution in [0.3, 0.4) is 0 Å². The molecule has 0 aromatic heterocycles. The second kappa shape index (κ2) is 3.88. The first-order valence-electron chi connectivity index (χ1n) is 2.60. The monoisotopic (exact) mass is 131 g/mol. The molecule has 0 spiro atoms. The maximum absolute atomic E-state index is 10.4. The molecule has 0 unspecified atom stereocenters. The van der Waals surface area contributed by atoms with Gasteiger partial charge in [-0.1, -0.05) is 6.92 Å². The van der Waals surface area contributed by atoms with Crippen molar-refractivity contribution in [2.24, 2.45) is 5.73 Å². The van der Waals surface area contributed by atoms with E-state index in [1.165, 1.54) is 0 Å². The van der Waals surface area contributed by atoms with Gasteiger partial charge in [-0.2, -0.15) is 0 Å². The molecule has 0 saturated heterocycles. The highest BCUT2D eigenvalue weighted by atomic mass is 16.5. The number of Topliss-reactive ketones (excluding diaryl/α,β-unsaturated/α-hetero) is 1. The van der Waals surface area contributed by atoms with Crippen molar-refractivity contribution in [2.45, 2.75) is 13.3 Å². The average molecular weight is 131 g/mol. The SMILES string of the molecule is CCC(=O)COC(N)=O. The van der Waals surface area contributed by atoms with E-state index in [9.17, 15) is 9.59 Å². The minimum absolute atomic E-state index is 0.131. The Hall–Kier alpha value is -1.06. The van der Waals surface area contributed by atoms with Crippen molar-refractivity contribution >= 4 is 11.9 Å². The zero-order chi connectivity index (χ0) is 7.28. The predicted octanol–water partition coefficient (Wildman–Crippen LogP) is 0.0608. The number of amides is 1. The summed E-state index contributed by atoms with van der Waals surface area (Å²) in [5.41, 5.74) is 4.58. The average Bonchev–Trinajstić information content (AvgIpc) is 1.83. The lowest BCUT2D eigenvalue weighted by Crippen LogP contribution is -2.18. The van der Waals surface area contributed by atoms with Gasteiger partial charge in [-0.25, -0.2) is 4.79 Å². The van der Waals surface area contributed by atoms with Crippen molar-refractivity contribution in [2.75, 3.05) is 6.61 Å². The van der Waals surface area contributed by atoms with Gasteiger partial charge in [-0.15, -0.1) is 0 Å². The molecular weight excluding hydrogens is 122 g/mol. The molecule has 0 aliphatic heterocycles. The number of hydrogen-bond acceptors (Lipinski definition) is 3. The summed E-state index contributed by atoms with van der Waals surface area (Å²) in [7, 11) is 0. The third-order valence-electron chi connectivity index (χ3n) is 0.770. The molecule has 4 nitrogen and oxygen atoms in total. The van der Waals surface area contributed by atoms with Crippen molar-refractivity contribution in [3.63, 3.8) is 0 Å². The topological polar surface area (TPSA) is 69.4 Å². The molecule has 2 N–H and O–H groups in total. The molecule has 0 rings (SSSR count). The molecule has 0 aromatic carbocycles. The molecule has 0 aliphatic carbocycles. The number of carbonyl (C=O) groups excluding carboxylic acids is 2. The molecule has 4 heteroatoms. The maximum atomic E-state index is 10.4. The van der Waals surface area contributed by atoms with E-state index in [0.29, 0.717) is 6.42 Å². The van der Waals surface area contributed by atoms with Crippen molar-refractivity contribution in [3.8, 4) is 0 Å². The Labute approximate surface area is 53.0 Å². The van der Waals surface area contributed by atoms with E-state index in [4.69, 9.17) is 0 Å². The Balaban J connectivity index is 3.28. The zero-order valence-corrected chi connectivity index (χ0v) is 5.22. The van der Waals surface area contributed by atoms with Crippen molar-refractivity contribution in [1.82, 2.24) is 0 Å². The normalized spacial score (nSPS) is 8.56. The van der Waals surface area contributed by atoms with Crippen molar-refractivity contribution in [3.05, 3.63) is 0 Å². The first-order chi connectivity index (χ1) is 4.16. The Bertz CT molecular complexity index is 121. The predicted molar refractivity (Wildman–Crippen MR) is 30.8 cm³/mol. The fraction of sp³-hybridized carbons (Fsp3) is 0.600. The van der Waals surface area contributed by atoms with Gasteiger partial charge in [0.05, 0.1) is 0 Å². The van der Waals surface area contributed by atoms with Crippen LogP contribution in [-0.4, -0.2) is 18.5 Å². The molecular formula is C5H9NO3. The van der Waals surface area contributed by atoms with Gasteiger partial charge in [0.2, 0.25) is 0 Å². The summed E-state index contributed by atoms with van der Waals surface area (Å²) in [4.78, 5) is 20.3. The van der Waals surface area contributed by atoms with Crippen molar-refractivity contribution in [1.29, 1.82) is 0 Å². The maximum Gasteiger partial charge on any atom is 0.404 e. The molecule has 52 valence electrons. The molecule has 0 aliphatic rings. The van der Waals surface area contributed by atoms with Crippen molar-refractivity contribution < 1.29 is 14.3 Å².